The number of carbonyl (C=O) groups excluding carboxylic acids is 2. The van der Waals surface area contributed by atoms with Gasteiger partial charge in [-0.3, -0.25) is 14.7 Å². The highest BCUT2D eigenvalue weighted by Gasteiger charge is 2.67. The highest BCUT2D eigenvalue weighted by Crippen LogP contribution is 2.66. The Hall–Kier alpha value is -2.42. The summed E-state index contributed by atoms with van der Waals surface area (Å²) in [6.45, 7) is -0.0813. The monoisotopic (exact) mass is 458 g/mol. The number of aromatic nitrogens is 2. The first-order chi connectivity index (χ1) is 12.5. The van der Waals surface area contributed by atoms with E-state index in [1.54, 1.807) is 0 Å². The van der Waals surface area contributed by atoms with Crippen LogP contribution in [-0.2, 0) is 15.0 Å². The van der Waals surface area contributed by atoms with Crippen LogP contribution in [-0.4, -0.2) is 28.6 Å². The Morgan fingerprint density at radius 3 is 2.96 bits per heavy atom. The van der Waals surface area contributed by atoms with E-state index in [9.17, 15) is 9.59 Å². The number of primary amides is 1. The second-order valence-corrected chi connectivity index (χ2v) is 7.94. The van der Waals surface area contributed by atoms with Crippen molar-refractivity contribution in [3.8, 4) is 0 Å². The summed E-state index contributed by atoms with van der Waals surface area (Å²) >= 11 is 2.20. The van der Waals surface area contributed by atoms with Crippen LogP contribution in [0.3, 0.4) is 0 Å². The molecule has 1 spiro atoms. The maximum absolute atomic E-state index is 13.2. The molecule has 5 rings (SSSR count). The van der Waals surface area contributed by atoms with Gasteiger partial charge in [-0.2, -0.15) is 5.10 Å². The SMILES string of the molecule is NC(=O)CN1C(=O)[C@@]2(C[C@H]2c2ccc3c(I)n[nH]c3c2)c2ccccc21. The van der Waals surface area contributed by atoms with Crippen LogP contribution >= 0.6 is 22.6 Å². The van der Waals surface area contributed by atoms with Gasteiger partial charge in [0.05, 0.1) is 10.9 Å². The Morgan fingerprint density at radius 1 is 1.35 bits per heavy atom. The van der Waals surface area contributed by atoms with Crippen molar-refractivity contribution in [3.63, 3.8) is 0 Å². The summed E-state index contributed by atoms with van der Waals surface area (Å²) < 4.78 is 0.935. The van der Waals surface area contributed by atoms with Crippen molar-refractivity contribution < 1.29 is 9.59 Å². The molecule has 1 saturated carbocycles. The van der Waals surface area contributed by atoms with Gasteiger partial charge in [-0.05, 0) is 58.3 Å². The zero-order valence-electron chi connectivity index (χ0n) is 13.7. The van der Waals surface area contributed by atoms with Crippen molar-refractivity contribution in [2.75, 3.05) is 11.4 Å². The molecule has 0 bridgehead atoms. The van der Waals surface area contributed by atoms with Crippen LogP contribution in [0.5, 0.6) is 0 Å². The average molecular weight is 458 g/mol. The Bertz CT molecular complexity index is 1090. The lowest BCUT2D eigenvalue weighted by atomic mass is 9.92. The zero-order chi connectivity index (χ0) is 18.1. The molecule has 2 amide bonds. The number of amides is 2. The fraction of sp³-hybridized carbons (Fsp3) is 0.211. The van der Waals surface area contributed by atoms with E-state index in [1.807, 2.05) is 24.3 Å². The van der Waals surface area contributed by atoms with Gasteiger partial charge in [0.15, 0.2) is 0 Å². The summed E-state index contributed by atoms with van der Waals surface area (Å²) in [4.78, 5) is 26.2. The summed E-state index contributed by atoms with van der Waals surface area (Å²) in [6.07, 6.45) is 0.745. The van der Waals surface area contributed by atoms with Crippen molar-refractivity contribution in [1.82, 2.24) is 10.2 Å². The van der Waals surface area contributed by atoms with Gasteiger partial charge in [-0.1, -0.05) is 24.3 Å². The first-order valence-corrected chi connectivity index (χ1v) is 9.43. The van der Waals surface area contributed by atoms with Crippen LogP contribution in [0.1, 0.15) is 23.5 Å². The minimum Gasteiger partial charge on any atom is -0.368 e. The third kappa shape index (κ3) is 2.00. The summed E-state index contributed by atoms with van der Waals surface area (Å²) in [7, 11) is 0. The highest BCUT2D eigenvalue weighted by atomic mass is 127. The number of hydrogen-bond donors (Lipinski definition) is 2. The largest absolute Gasteiger partial charge is 0.368 e. The first-order valence-electron chi connectivity index (χ1n) is 8.35. The van der Waals surface area contributed by atoms with Gasteiger partial charge >= 0.3 is 0 Å². The number of nitrogens with zero attached hydrogens (tertiary/aromatic N) is 2. The molecule has 1 aliphatic heterocycles. The molecule has 6 nitrogen and oxygen atoms in total. The van der Waals surface area contributed by atoms with Gasteiger partial charge in [0.1, 0.15) is 10.2 Å². The van der Waals surface area contributed by atoms with E-state index in [0.29, 0.717) is 0 Å². The first kappa shape index (κ1) is 15.8. The predicted octanol–water partition coefficient (Wildman–Crippen LogP) is 2.42. The Kier molecular flexibility index (Phi) is 3.22. The lowest BCUT2D eigenvalue weighted by Crippen LogP contribution is -2.39. The number of halogens is 1. The van der Waals surface area contributed by atoms with Gasteiger partial charge in [0.25, 0.3) is 0 Å². The van der Waals surface area contributed by atoms with E-state index in [-0.39, 0.29) is 18.4 Å². The van der Waals surface area contributed by atoms with Crippen LogP contribution < -0.4 is 10.6 Å². The molecule has 2 aromatic carbocycles. The molecular formula is C19H15IN4O2. The summed E-state index contributed by atoms with van der Waals surface area (Å²) in [5.74, 6) is -0.433. The van der Waals surface area contributed by atoms with E-state index in [2.05, 4.69) is 51.0 Å². The van der Waals surface area contributed by atoms with Crippen LogP contribution in [0.15, 0.2) is 42.5 Å². The number of anilines is 1. The lowest BCUT2D eigenvalue weighted by Gasteiger charge is -2.16. The van der Waals surface area contributed by atoms with E-state index < -0.39 is 11.3 Å². The van der Waals surface area contributed by atoms with Crippen molar-refractivity contribution in [2.24, 2.45) is 5.73 Å². The number of H-pyrrole nitrogens is 1. The Morgan fingerprint density at radius 2 is 2.15 bits per heavy atom. The molecule has 2 aliphatic rings. The topological polar surface area (TPSA) is 92.1 Å². The quantitative estimate of drug-likeness (QED) is 0.591. The van der Waals surface area contributed by atoms with Gasteiger partial charge in [-0.25, -0.2) is 0 Å². The third-order valence-electron chi connectivity index (χ3n) is 5.52. The van der Waals surface area contributed by atoms with Crippen molar-refractivity contribution in [2.45, 2.75) is 17.8 Å². The molecule has 0 saturated heterocycles. The Balaban J connectivity index is 1.59. The minimum absolute atomic E-state index is 0.0261. The van der Waals surface area contributed by atoms with Crippen LogP contribution in [0.4, 0.5) is 5.69 Å². The molecule has 2 heterocycles. The smallest absolute Gasteiger partial charge is 0.238 e. The van der Waals surface area contributed by atoms with Crippen molar-refractivity contribution >= 4 is 51.0 Å². The summed E-state index contributed by atoms with van der Waals surface area (Å²) in [5.41, 5.74) is 8.67. The molecular weight excluding hydrogens is 443 g/mol. The van der Waals surface area contributed by atoms with Crippen molar-refractivity contribution in [1.29, 1.82) is 0 Å². The predicted molar refractivity (Wildman–Crippen MR) is 106 cm³/mol. The van der Waals surface area contributed by atoms with Gasteiger partial charge in [0, 0.05) is 17.0 Å². The third-order valence-corrected chi connectivity index (χ3v) is 6.34. The maximum atomic E-state index is 13.2. The number of para-hydroxylation sites is 1. The number of hydrogen-bond acceptors (Lipinski definition) is 3. The molecule has 1 aromatic heterocycles. The van der Waals surface area contributed by atoms with E-state index in [0.717, 1.165) is 37.8 Å². The molecule has 3 N–H and O–H groups in total. The molecule has 1 fully saturated rings. The molecule has 130 valence electrons. The van der Waals surface area contributed by atoms with E-state index >= 15 is 0 Å². The number of carbonyl (C=O) groups is 2. The van der Waals surface area contributed by atoms with E-state index in [1.165, 1.54) is 4.90 Å². The lowest BCUT2D eigenvalue weighted by molar-refractivity contribution is -0.123. The second-order valence-electron chi connectivity index (χ2n) is 6.92. The summed E-state index contributed by atoms with van der Waals surface area (Å²) in [6, 6.07) is 13.9. The molecule has 2 atom stereocenters. The zero-order valence-corrected chi connectivity index (χ0v) is 15.9. The number of rotatable bonds is 3. The molecule has 0 radical (unpaired) electrons. The number of nitrogens with one attached hydrogen (secondary N) is 1. The van der Waals surface area contributed by atoms with Crippen LogP contribution in [0, 0.1) is 3.70 Å². The molecule has 26 heavy (non-hydrogen) atoms. The molecule has 3 aromatic rings. The maximum Gasteiger partial charge on any atom is 0.238 e. The van der Waals surface area contributed by atoms with E-state index in [4.69, 9.17) is 5.73 Å². The fourth-order valence-electron chi connectivity index (χ4n) is 4.28. The fourth-order valence-corrected chi connectivity index (χ4v) is 4.88. The standard InChI is InChI=1S/C19H15IN4O2/c20-17-11-6-5-10(7-14(11)22-23-17)13-8-19(13)12-3-1-2-4-15(12)24(18(19)26)9-16(21)25/h1-7,13H,8-9H2,(H2,21,25)(H,22,23)/t13-,19-/m0/s1. The molecule has 1 aliphatic carbocycles. The average Bonchev–Trinajstić information content (AvgIpc) is 3.23. The van der Waals surface area contributed by atoms with Crippen LogP contribution in [0.25, 0.3) is 10.9 Å². The highest BCUT2D eigenvalue weighted by molar-refractivity contribution is 14.1. The number of fused-ring (bicyclic) bond motifs is 3. The number of aromatic amines is 1. The molecule has 0 unspecified atom stereocenters. The van der Waals surface area contributed by atoms with Gasteiger partial charge in [-0.15, -0.1) is 0 Å². The molecule has 7 heteroatoms. The summed E-state index contributed by atoms with van der Waals surface area (Å²) in [5, 5.41) is 8.36. The Labute approximate surface area is 162 Å². The second kappa shape index (κ2) is 5.29. The van der Waals surface area contributed by atoms with Crippen molar-refractivity contribution in [3.05, 3.63) is 57.3 Å². The minimum atomic E-state index is -0.576. The normalized spacial score (nSPS) is 23.7. The van der Waals surface area contributed by atoms with Gasteiger partial charge < -0.3 is 10.6 Å². The number of nitrogens with two attached hydrogens (primary N) is 1. The van der Waals surface area contributed by atoms with Crippen LogP contribution in [0.2, 0.25) is 0 Å². The van der Waals surface area contributed by atoms with Gasteiger partial charge in [0.2, 0.25) is 11.8 Å². The number of benzene rings is 2.